The molecule has 2 unspecified atom stereocenters. The highest BCUT2D eigenvalue weighted by Gasteiger charge is 2.13. The average Bonchev–Trinajstić information content (AvgIpc) is 2.14. The van der Waals surface area contributed by atoms with Crippen LogP contribution in [-0.2, 0) is 4.79 Å². The summed E-state index contributed by atoms with van der Waals surface area (Å²) >= 11 is 0. The van der Waals surface area contributed by atoms with E-state index in [9.17, 15) is 4.79 Å². The lowest BCUT2D eigenvalue weighted by molar-refractivity contribution is -0.122. The van der Waals surface area contributed by atoms with Gasteiger partial charge in [-0.25, -0.2) is 0 Å². The molecule has 0 bridgehead atoms. The molecule has 14 heavy (non-hydrogen) atoms. The van der Waals surface area contributed by atoms with E-state index in [1.165, 1.54) is 0 Å². The van der Waals surface area contributed by atoms with Crippen LogP contribution in [0, 0.1) is 24.7 Å². The molecule has 0 aliphatic rings. The van der Waals surface area contributed by atoms with Crippen molar-refractivity contribution in [2.45, 2.75) is 32.4 Å². The zero-order valence-corrected chi connectivity index (χ0v) is 8.63. The minimum Gasteiger partial charge on any atom is -0.344 e. The second kappa shape index (κ2) is 7.00. The number of hydrogen-bond donors (Lipinski definition) is 2. The third-order valence-corrected chi connectivity index (χ3v) is 1.72. The molecule has 0 aliphatic heterocycles. The van der Waals surface area contributed by atoms with Crippen molar-refractivity contribution in [1.82, 2.24) is 10.6 Å². The molecule has 2 atom stereocenters. The van der Waals surface area contributed by atoms with Crippen LogP contribution in [0.2, 0.25) is 0 Å². The van der Waals surface area contributed by atoms with Gasteiger partial charge in [-0.1, -0.05) is 5.92 Å². The van der Waals surface area contributed by atoms with Crippen molar-refractivity contribution < 1.29 is 4.79 Å². The van der Waals surface area contributed by atoms with Gasteiger partial charge in [-0.05, 0) is 13.8 Å². The van der Waals surface area contributed by atoms with Crippen LogP contribution in [0.5, 0.6) is 0 Å². The third kappa shape index (κ3) is 5.24. The van der Waals surface area contributed by atoms with Gasteiger partial charge in [0.15, 0.2) is 0 Å². The predicted octanol–water partition coefficient (Wildman–Crippen LogP) is 0.126. The quantitative estimate of drug-likeness (QED) is 0.608. The van der Waals surface area contributed by atoms with Crippen LogP contribution in [0.25, 0.3) is 0 Å². The van der Waals surface area contributed by atoms with E-state index in [4.69, 9.17) is 12.8 Å². The third-order valence-electron chi connectivity index (χ3n) is 1.72. The minimum absolute atomic E-state index is 0.105. The molecule has 0 saturated heterocycles. The van der Waals surface area contributed by atoms with Gasteiger partial charge in [-0.3, -0.25) is 4.79 Å². The topological polar surface area (TPSA) is 41.1 Å². The fourth-order valence-electron chi connectivity index (χ4n) is 1.03. The number of rotatable bonds is 5. The van der Waals surface area contributed by atoms with Gasteiger partial charge >= 0.3 is 0 Å². The van der Waals surface area contributed by atoms with Gasteiger partial charge in [-0.2, -0.15) is 0 Å². The Morgan fingerprint density at radius 2 is 2.00 bits per heavy atom. The lowest BCUT2D eigenvalue weighted by Gasteiger charge is -2.17. The number of hydrogen-bond acceptors (Lipinski definition) is 2. The van der Waals surface area contributed by atoms with E-state index < -0.39 is 0 Å². The highest BCUT2D eigenvalue weighted by molar-refractivity contribution is 5.81. The molecule has 1 amide bonds. The van der Waals surface area contributed by atoms with Crippen molar-refractivity contribution in [2.24, 2.45) is 0 Å². The van der Waals surface area contributed by atoms with Gasteiger partial charge < -0.3 is 10.6 Å². The first-order valence-electron chi connectivity index (χ1n) is 4.52. The maximum absolute atomic E-state index is 11.3. The van der Waals surface area contributed by atoms with Gasteiger partial charge in [-0.15, -0.1) is 18.8 Å². The summed E-state index contributed by atoms with van der Waals surface area (Å²) in [5.74, 6) is 4.76. The van der Waals surface area contributed by atoms with Crippen molar-refractivity contribution in [2.75, 3.05) is 6.54 Å². The Morgan fingerprint density at radius 1 is 1.36 bits per heavy atom. The van der Waals surface area contributed by atoms with Crippen LogP contribution in [0.1, 0.15) is 20.3 Å². The number of carbonyl (C=O) groups excluding carboxylic acids is 1. The first kappa shape index (κ1) is 12.6. The highest BCUT2D eigenvalue weighted by atomic mass is 16.2. The molecule has 0 heterocycles. The monoisotopic (exact) mass is 192 g/mol. The lowest BCUT2D eigenvalue weighted by atomic mass is 10.2. The Bertz CT molecular complexity index is 259. The van der Waals surface area contributed by atoms with Gasteiger partial charge in [0, 0.05) is 12.5 Å². The zero-order valence-electron chi connectivity index (χ0n) is 8.63. The van der Waals surface area contributed by atoms with E-state index in [0.29, 0.717) is 6.42 Å². The first-order chi connectivity index (χ1) is 6.61. The molecule has 0 radical (unpaired) electrons. The summed E-state index contributed by atoms with van der Waals surface area (Å²) in [4.78, 5) is 11.3. The van der Waals surface area contributed by atoms with Gasteiger partial charge in [0.05, 0.1) is 12.6 Å². The summed E-state index contributed by atoms with van der Waals surface area (Å²) in [6, 6.07) is -0.140. The number of carbonyl (C=O) groups is 1. The maximum atomic E-state index is 11.3. The van der Waals surface area contributed by atoms with Crippen LogP contribution in [0.15, 0.2) is 0 Å². The smallest absolute Gasteiger partial charge is 0.237 e. The van der Waals surface area contributed by atoms with Crippen LogP contribution in [0.4, 0.5) is 0 Å². The molecular formula is C11H16N2O. The standard InChI is InChI=1S/C11H16N2O/c1-5-7-9(3)13-10(4)11(14)12-8-6-2/h1-2,9-10,13H,7-8H2,3-4H3,(H,12,14). The molecule has 76 valence electrons. The fourth-order valence-corrected chi connectivity index (χ4v) is 1.03. The van der Waals surface area contributed by atoms with Crippen LogP contribution in [0.3, 0.4) is 0 Å². The van der Waals surface area contributed by atoms with Gasteiger partial charge in [0.2, 0.25) is 5.91 Å². The summed E-state index contributed by atoms with van der Waals surface area (Å²) in [5.41, 5.74) is 0. The summed E-state index contributed by atoms with van der Waals surface area (Å²) in [6.45, 7) is 3.97. The molecule has 0 aliphatic carbocycles. The molecule has 2 N–H and O–H groups in total. The minimum atomic E-state index is -0.272. The summed E-state index contributed by atoms with van der Waals surface area (Å²) in [6.07, 6.45) is 10.8. The Balaban J connectivity index is 3.84. The summed E-state index contributed by atoms with van der Waals surface area (Å²) < 4.78 is 0. The van der Waals surface area contributed by atoms with Crippen molar-refractivity contribution in [1.29, 1.82) is 0 Å². The molecule has 0 aromatic rings. The normalized spacial score (nSPS) is 13.4. The van der Waals surface area contributed by atoms with E-state index in [-0.39, 0.29) is 24.5 Å². The van der Waals surface area contributed by atoms with Crippen LogP contribution < -0.4 is 10.6 Å². The number of amides is 1. The molecule has 3 nitrogen and oxygen atoms in total. The van der Waals surface area contributed by atoms with Gasteiger partial charge in [0.1, 0.15) is 0 Å². The van der Waals surface area contributed by atoms with Crippen molar-refractivity contribution >= 4 is 5.91 Å². The summed E-state index contributed by atoms with van der Waals surface area (Å²) in [7, 11) is 0. The maximum Gasteiger partial charge on any atom is 0.237 e. The Labute approximate surface area is 85.6 Å². The first-order valence-corrected chi connectivity index (χ1v) is 4.52. The molecule has 0 aromatic heterocycles. The largest absolute Gasteiger partial charge is 0.344 e. The van der Waals surface area contributed by atoms with Crippen molar-refractivity contribution in [3.63, 3.8) is 0 Å². The Morgan fingerprint density at radius 3 is 2.50 bits per heavy atom. The van der Waals surface area contributed by atoms with Crippen LogP contribution >= 0.6 is 0 Å². The second-order valence-electron chi connectivity index (χ2n) is 3.12. The van der Waals surface area contributed by atoms with E-state index in [0.717, 1.165) is 0 Å². The molecular weight excluding hydrogens is 176 g/mol. The Hall–Kier alpha value is -1.45. The molecule has 0 saturated carbocycles. The molecule has 3 heteroatoms. The SMILES string of the molecule is C#CCNC(=O)C(C)NC(C)CC#C. The second-order valence-corrected chi connectivity index (χ2v) is 3.12. The van der Waals surface area contributed by atoms with E-state index in [2.05, 4.69) is 22.5 Å². The van der Waals surface area contributed by atoms with E-state index in [1.54, 1.807) is 6.92 Å². The fraction of sp³-hybridized carbons (Fsp3) is 0.545. The van der Waals surface area contributed by atoms with Gasteiger partial charge in [0.25, 0.3) is 0 Å². The summed E-state index contributed by atoms with van der Waals surface area (Å²) in [5, 5.41) is 5.66. The number of terminal acetylenes is 2. The van der Waals surface area contributed by atoms with E-state index in [1.807, 2.05) is 6.92 Å². The molecule has 0 fully saturated rings. The number of nitrogens with one attached hydrogen (secondary N) is 2. The highest BCUT2D eigenvalue weighted by Crippen LogP contribution is 1.91. The van der Waals surface area contributed by atoms with E-state index >= 15 is 0 Å². The van der Waals surface area contributed by atoms with Crippen LogP contribution in [-0.4, -0.2) is 24.5 Å². The molecule has 0 rings (SSSR count). The lowest BCUT2D eigenvalue weighted by Crippen LogP contribution is -2.45. The van der Waals surface area contributed by atoms with Crippen molar-refractivity contribution in [3.05, 3.63) is 0 Å². The zero-order chi connectivity index (χ0) is 11.0. The average molecular weight is 192 g/mol. The molecule has 0 aromatic carbocycles. The predicted molar refractivity (Wildman–Crippen MR) is 57.4 cm³/mol. The Kier molecular flexibility index (Phi) is 6.28. The van der Waals surface area contributed by atoms with Crippen molar-refractivity contribution in [3.8, 4) is 24.7 Å². The molecule has 0 spiro atoms.